The van der Waals surface area contributed by atoms with E-state index >= 15 is 0 Å². The van der Waals surface area contributed by atoms with E-state index in [0.29, 0.717) is 0 Å². The van der Waals surface area contributed by atoms with E-state index in [1.807, 2.05) is 0 Å². The van der Waals surface area contributed by atoms with Crippen LogP contribution in [0.2, 0.25) is 0 Å². The molecule has 0 saturated heterocycles. The maximum atomic E-state index is 7.19. The van der Waals surface area contributed by atoms with E-state index in [-0.39, 0.29) is 6.71 Å². The van der Waals surface area contributed by atoms with Crippen LogP contribution in [0.5, 0.6) is 23.0 Å². The van der Waals surface area contributed by atoms with Crippen molar-refractivity contribution >= 4 is 66.7 Å². The molecule has 0 aliphatic carbocycles. The van der Waals surface area contributed by atoms with E-state index in [4.69, 9.17) is 9.47 Å². The Morgan fingerprint density at radius 1 is 0.377 bits per heavy atom. The van der Waals surface area contributed by atoms with Crippen LogP contribution in [0, 0.1) is 41.5 Å². The molecule has 53 heavy (non-hydrogen) atoms. The number of benzene rings is 7. The summed E-state index contributed by atoms with van der Waals surface area (Å²) in [5.74, 6) is 3.45. The Labute approximate surface area is 308 Å². The van der Waals surface area contributed by atoms with E-state index in [1.54, 1.807) is 0 Å². The highest BCUT2D eigenvalue weighted by Crippen LogP contribution is 2.46. The molecule has 0 spiro atoms. The van der Waals surface area contributed by atoms with Crippen molar-refractivity contribution in [1.29, 1.82) is 0 Å². The predicted octanol–water partition coefficient (Wildman–Crippen LogP) is 10.5. The van der Waals surface area contributed by atoms with Crippen molar-refractivity contribution in [2.24, 2.45) is 0 Å². The van der Waals surface area contributed by atoms with Crippen molar-refractivity contribution in [2.75, 3.05) is 0 Å². The molecule has 2 aromatic heterocycles. The quantitative estimate of drug-likeness (QED) is 0.170. The number of hydrogen-bond donors (Lipinski definition) is 0. The predicted molar refractivity (Wildman–Crippen MR) is 221 cm³/mol. The molecule has 4 nitrogen and oxygen atoms in total. The lowest BCUT2D eigenvalue weighted by molar-refractivity contribution is 0.462. The summed E-state index contributed by atoms with van der Waals surface area (Å²) in [7, 11) is 0. The van der Waals surface area contributed by atoms with Crippen LogP contribution >= 0.6 is 0 Å². The number of fused-ring (bicyclic) bond motifs is 10. The van der Waals surface area contributed by atoms with E-state index in [0.717, 1.165) is 61.9 Å². The average Bonchev–Trinajstić information content (AvgIpc) is 3.62. The lowest BCUT2D eigenvalue weighted by atomic mass is 9.34. The Bertz CT molecular complexity index is 2770. The van der Waals surface area contributed by atoms with Gasteiger partial charge in [0.05, 0.1) is 33.4 Å². The summed E-state index contributed by atoms with van der Waals surface area (Å²) in [5, 5.41) is 4.94. The molecule has 0 unspecified atom stereocenters. The van der Waals surface area contributed by atoms with Gasteiger partial charge in [0.1, 0.15) is 11.5 Å². The molecule has 0 radical (unpaired) electrons. The van der Waals surface area contributed by atoms with E-state index in [2.05, 4.69) is 166 Å². The lowest BCUT2D eigenvalue weighted by Crippen LogP contribution is -2.58. The van der Waals surface area contributed by atoms with Gasteiger partial charge in [-0.25, -0.2) is 0 Å². The Hall–Kier alpha value is -6.20. The molecule has 7 aromatic carbocycles. The highest BCUT2D eigenvalue weighted by atomic mass is 16.5. The van der Waals surface area contributed by atoms with Crippen LogP contribution in [-0.2, 0) is 0 Å². The van der Waals surface area contributed by atoms with Gasteiger partial charge in [-0.15, -0.1) is 0 Å². The molecule has 0 bridgehead atoms. The number of rotatable bonds is 2. The zero-order chi connectivity index (χ0) is 35.9. The summed E-state index contributed by atoms with van der Waals surface area (Å²) >= 11 is 0. The summed E-state index contributed by atoms with van der Waals surface area (Å²) in [4.78, 5) is 0. The molecule has 2 aliphatic heterocycles. The Morgan fingerprint density at radius 3 is 1.06 bits per heavy atom. The Morgan fingerprint density at radius 2 is 0.698 bits per heavy atom. The Balaban J connectivity index is 1.35. The maximum absolute atomic E-state index is 7.19. The topological polar surface area (TPSA) is 28.3 Å². The molecule has 254 valence electrons. The molecule has 0 N–H and O–H groups in total. The second-order valence-corrected chi connectivity index (χ2v) is 15.5. The van der Waals surface area contributed by atoms with Gasteiger partial charge in [0.15, 0.2) is 11.5 Å². The molecule has 4 heterocycles. The van der Waals surface area contributed by atoms with Gasteiger partial charge in [0.25, 0.3) is 6.71 Å². The summed E-state index contributed by atoms with van der Waals surface area (Å²) in [6.45, 7) is 12.9. The highest BCUT2D eigenvalue weighted by molar-refractivity contribution is 6.98. The van der Waals surface area contributed by atoms with Crippen LogP contribution in [0.3, 0.4) is 0 Å². The third-order valence-corrected chi connectivity index (χ3v) is 11.5. The first-order chi connectivity index (χ1) is 25.7. The van der Waals surface area contributed by atoms with Crippen molar-refractivity contribution in [3.05, 3.63) is 149 Å². The van der Waals surface area contributed by atoms with Crippen molar-refractivity contribution < 1.29 is 9.47 Å². The van der Waals surface area contributed by atoms with Crippen molar-refractivity contribution in [2.45, 2.75) is 41.5 Å². The largest absolute Gasteiger partial charge is 0.456 e. The van der Waals surface area contributed by atoms with Crippen LogP contribution < -0.4 is 25.9 Å². The molecular formula is C48H37BN2O2. The molecule has 11 rings (SSSR count). The van der Waals surface area contributed by atoms with Gasteiger partial charge < -0.3 is 18.6 Å². The second kappa shape index (κ2) is 10.7. The molecule has 2 aliphatic rings. The smallest absolute Gasteiger partial charge is 0.260 e. The number of aryl methyl sites for hydroxylation is 6. The number of nitrogens with zero attached hydrogens (tertiary/aromatic N) is 2. The third kappa shape index (κ3) is 4.25. The number of hydrogen-bond acceptors (Lipinski definition) is 2. The van der Waals surface area contributed by atoms with E-state index in [1.165, 1.54) is 65.9 Å². The minimum Gasteiger partial charge on any atom is -0.456 e. The summed E-state index contributed by atoms with van der Waals surface area (Å²) in [5.41, 5.74) is 17.3. The molecule has 0 atom stereocenters. The normalized spacial score (nSPS) is 13.0. The number of ether oxygens (including phenoxy) is 2. The second-order valence-electron chi connectivity index (χ2n) is 15.5. The van der Waals surface area contributed by atoms with Gasteiger partial charge in [0.2, 0.25) is 0 Å². The Kier molecular flexibility index (Phi) is 6.13. The van der Waals surface area contributed by atoms with Crippen molar-refractivity contribution in [1.82, 2.24) is 9.13 Å². The van der Waals surface area contributed by atoms with Gasteiger partial charge in [-0.2, -0.15) is 0 Å². The van der Waals surface area contributed by atoms with Gasteiger partial charge in [-0.3, -0.25) is 0 Å². The molecular weight excluding hydrogens is 647 g/mol. The molecule has 0 amide bonds. The van der Waals surface area contributed by atoms with Gasteiger partial charge in [-0.1, -0.05) is 81.9 Å². The van der Waals surface area contributed by atoms with Crippen LogP contribution in [0.1, 0.15) is 33.4 Å². The molecule has 9 aromatic rings. The summed E-state index contributed by atoms with van der Waals surface area (Å²) in [6, 6.07) is 42.8. The zero-order valence-corrected chi connectivity index (χ0v) is 30.8. The van der Waals surface area contributed by atoms with Gasteiger partial charge in [-0.05, 0) is 119 Å². The standard InChI is InChI=1S/C48H37BN2O2/c1-26-7-13-38-32(19-26)33-20-27(2)8-14-39(33)50(38)42-25-43(51-40-15-9-28(3)21-34(40)35-22-29(4)10-16-41(35)51)48-46-47(42)52-44-17-11-30(5)23-36(44)49(46)37-24-31(6)12-18-45(37)53-48/h7-25H,1-6H3. The monoisotopic (exact) mass is 684 g/mol. The van der Waals surface area contributed by atoms with Crippen LogP contribution in [0.25, 0.3) is 55.0 Å². The first-order valence-electron chi connectivity index (χ1n) is 18.5. The lowest BCUT2D eigenvalue weighted by Gasteiger charge is -2.36. The molecule has 0 saturated carbocycles. The third-order valence-electron chi connectivity index (χ3n) is 11.5. The fourth-order valence-electron chi connectivity index (χ4n) is 9.14. The first kappa shape index (κ1) is 30.4. The zero-order valence-electron chi connectivity index (χ0n) is 30.8. The minimum absolute atomic E-state index is 0.0823. The van der Waals surface area contributed by atoms with Crippen LogP contribution in [-0.4, -0.2) is 15.8 Å². The molecule has 5 heteroatoms. The van der Waals surface area contributed by atoms with Crippen LogP contribution in [0.4, 0.5) is 0 Å². The SMILES string of the molecule is Cc1ccc2c(c1)B1c3cc(C)ccc3Oc3c(-n4c5ccc(C)cc5c5cc(C)ccc54)cc(-n4c5ccc(C)cc5c5cc(C)ccc54)c(c31)O2. The fraction of sp³-hybridized carbons (Fsp3) is 0.125. The highest BCUT2D eigenvalue weighted by Gasteiger charge is 2.43. The van der Waals surface area contributed by atoms with Gasteiger partial charge >= 0.3 is 0 Å². The fourth-order valence-corrected chi connectivity index (χ4v) is 9.14. The van der Waals surface area contributed by atoms with Crippen molar-refractivity contribution in [3.63, 3.8) is 0 Å². The van der Waals surface area contributed by atoms with Crippen LogP contribution in [0.15, 0.2) is 115 Å². The first-order valence-corrected chi connectivity index (χ1v) is 18.5. The summed E-state index contributed by atoms with van der Waals surface area (Å²) in [6.07, 6.45) is 0. The van der Waals surface area contributed by atoms with Crippen molar-refractivity contribution in [3.8, 4) is 34.4 Å². The van der Waals surface area contributed by atoms with E-state index in [9.17, 15) is 0 Å². The minimum atomic E-state index is -0.0823. The molecule has 0 fully saturated rings. The summed E-state index contributed by atoms with van der Waals surface area (Å²) < 4.78 is 19.2. The maximum Gasteiger partial charge on any atom is 0.260 e. The average molecular weight is 685 g/mol. The van der Waals surface area contributed by atoms with Gasteiger partial charge in [0, 0.05) is 27.0 Å². The number of aromatic nitrogens is 2. The van der Waals surface area contributed by atoms with E-state index < -0.39 is 0 Å².